The van der Waals surface area contributed by atoms with Gasteiger partial charge in [-0.1, -0.05) is 0 Å². The fourth-order valence-corrected chi connectivity index (χ4v) is 3.99. The number of carboxylic acid groups (broad SMARTS) is 1. The number of aliphatic imine (C=N–C) groups is 1. The molecule has 1 heterocycles. The van der Waals surface area contributed by atoms with Crippen molar-refractivity contribution in [3.8, 4) is 0 Å². The molecule has 1 rings (SSSR count). The second-order valence-corrected chi connectivity index (χ2v) is 9.40. The van der Waals surface area contributed by atoms with Crippen molar-refractivity contribution in [3.05, 3.63) is 0 Å². The van der Waals surface area contributed by atoms with Crippen molar-refractivity contribution < 1.29 is 29.1 Å². The van der Waals surface area contributed by atoms with Gasteiger partial charge in [-0.25, -0.2) is 4.79 Å². The maximum Gasteiger partial charge on any atom is 0.326 e. The van der Waals surface area contributed by atoms with Crippen LogP contribution in [0.25, 0.3) is 0 Å². The van der Waals surface area contributed by atoms with E-state index >= 15 is 0 Å². The molecule has 0 saturated carbocycles. The summed E-state index contributed by atoms with van der Waals surface area (Å²) < 4.78 is 0. The summed E-state index contributed by atoms with van der Waals surface area (Å²) in [5.74, 6) is -3.45. The average Bonchev–Trinajstić information content (AvgIpc) is 3.34. The number of aliphatic carboxylic acids is 1. The molecular weight excluding hydrogens is 498 g/mol. The van der Waals surface area contributed by atoms with Crippen LogP contribution < -0.4 is 38.9 Å². The first-order valence-corrected chi connectivity index (χ1v) is 12.8. The van der Waals surface area contributed by atoms with Gasteiger partial charge in [0.1, 0.15) is 24.2 Å². The molecule has 0 spiro atoms. The van der Waals surface area contributed by atoms with Gasteiger partial charge in [-0.15, -0.1) is 0 Å². The number of hydrogen-bond acceptors (Lipinski definition) is 8. The molecule has 0 aromatic carbocycles. The third-order valence-electron chi connectivity index (χ3n) is 6.13. The maximum absolute atomic E-state index is 13.4. The summed E-state index contributed by atoms with van der Waals surface area (Å²) in [6.45, 7) is 3.87. The van der Waals surface area contributed by atoms with E-state index in [0.29, 0.717) is 38.6 Å². The number of nitrogens with one attached hydrogen (secondary N) is 3. The molecule has 0 unspecified atom stereocenters. The van der Waals surface area contributed by atoms with Crippen LogP contribution >= 0.6 is 0 Å². The zero-order valence-corrected chi connectivity index (χ0v) is 22.2. The Morgan fingerprint density at radius 3 is 2.18 bits per heavy atom. The standard InChI is InChI=1S/C23H43N9O6/c1-13(25)18(33)30-15(8-5-11-28-23(26)27)21(36)32-12-6-9-17(32)20(35)29-14(2)19(34)31-16(22(37)38)7-3-4-10-24/h13-17H,3-12,24-25H2,1-2H3,(H,29,35)(H,30,33)(H,31,34)(H,37,38)(H4,26,27,28)/t13-,14+,15+,16+,17+/m0/s1. The normalized spacial score (nSPS) is 18.0. The second kappa shape index (κ2) is 16.4. The molecule has 5 atom stereocenters. The lowest BCUT2D eigenvalue weighted by atomic mass is 10.1. The monoisotopic (exact) mass is 541 g/mol. The summed E-state index contributed by atoms with van der Waals surface area (Å²) in [6, 6.07) is -4.78. The molecule has 15 nitrogen and oxygen atoms in total. The van der Waals surface area contributed by atoms with Gasteiger partial charge in [0, 0.05) is 13.1 Å². The van der Waals surface area contributed by atoms with Crippen molar-refractivity contribution in [2.45, 2.75) is 89.0 Å². The van der Waals surface area contributed by atoms with Gasteiger partial charge in [-0.05, 0) is 65.3 Å². The van der Waals surface area contributed by atoms with Gasteiger partial charge in [0.15, 0.2) is 5.96 Å². The molecule has 216 valence electrons. The fraction of sp³-hybridized carbons (Fsp3) is 0.739. The maximum atomic E-state index is 13.4. The summed E-state index contributed by atoms with van der Waals surface area (Å²) in [5, 5.41) is 17.0. The van der Waals surface area contributed by atoms with Crippen LogP contribution in [0, 0.1) is 0 Å². The fourth-order valence-electron chi connectivity index (χ4n) is 3.99. The molecule has 0 bridgehead atoms. The number of carboxylic acids is 1. The molecule has 0 radical (unpaired) electrons. The topological polar surface area (TPSA) is 261 Å². The lowest BCUT2D eigenvalue weighted by Crippen LogP contribution is -2.57. The van der Waals surface area contributed by atoms with Gasteiger partial charge < -0.3 is 48.9 Å². The number of nitrogens with zero attached hydrogens (tertiary/aromatic N) is 2. The van der Waals surface area contributed by atoms with Crippen LogP contribution in [0.4, 0.5) is 0 Å². The average molecular weight is 542 g/mol. The third-order valence-corrected chi connectivity index (χ3v) is 6.13. The molecule has 1 aliphatic heterocycles. The largest absolute Gasteiger partial charge is 0.480 e. The number of rotatable bonds is 16. The van der Waals surface area contributed by atoms with Crippen molar-refractivity contribution in [1.82, 2.24) is 20.9 Å². The van der Waals surface area contributed by atoms with Gasteiger partial charge in [0.05, 0.1) is 6.04 Å². The van der Waals surface area contributed by atoms with E-state index in [9.17, 15) is 29.1 Å². The number of carbonyl (C=O) groups excluding carboxylic acids is 4. The summed E-state index contributed by atoms with van der Waals surface area (Å²) in [5.41, 5.74) is 21.7. The Labute approximate surface area is 222 Å². The number of hydrogen-bond donors (Lipinski definition) is 8. The zero-order valence-electron chi connectivity index (χ0n) is 22.2. The predicted octanol–water partition coefficient (Wildman–Crippen LogP) is -2.93. The van der Waals surface area contributed by atoms with Gasteiger partial charge in [0.2, 0.25) is 23.6 Å². The van der Waals surface area contributed by atoms with Crippen LogP contribution in [-0.4, -0.2) is 95.4 Å². The quantitative estimate of drug-likeness (QED) is 0.0560. The van der Waals surface area contributed by atoms with Crippen LogP contribution in [0.2, 0.25) is 0 Å². The molecule has 15 heteroatoms. The molecule has 38 heavy (non-hydrogen) atoms. The number of nitrogens with two attached hydrogens (primary N) is 4. The highest BCUT2D eigenvalue weighted by atomic mass is 16.4. The van der Waals surface area contributed by atoms with Crippen molar-refractivity contribution in [2.24, 2.45) is 27.9 Å². The molecule has 0 aliphatic carbocycles. The van der Waals surface area contributed by atoms with Crippen LogP contribution in [0.1, 0.15) is 58.8 Å². The van der Waals surface area contributed by atoms with Crippen molar-refractivity contribution >= 4 is 35.6 Å². The molecule has 1 saturated heterocycles. The summed E-state index contributed by atoms with van der Waals surface area (Å²) >= 11 is 0. The first-order chi connectivity index (χ1) is 17.9. The first kappa shape index (κ1) is 32.6. The Balaban J connectivity index is 2.85. The van der Waals surface area contributed by atoms with Crippen LogP contribution in [0.3, 0.4) is 0 Å². The molecule has 1 aliphatic rings. The smallest absolute Gasteiger partial charge is 0.326 e. The first-order valence-electron chi connectivity index (χ1n) is 12.8. The predicted molar refractivity (Wildman–Crippen MR) is 140 cm³/mol. The molecular formula is C23H43N9O6. The number of amides is 4. The van der Waals surface area contributed by atoms with Crippen LogP contribution in [-0.2, 0) is 24.0 Å². The van der Waals surface area contributed by atoms with Crippen LogP contribution in [0.15, 0.2) is 4.99 Å². The van der Waals surface area contributed by atoms with E-state index in [1.807, 2.05) is 0 Å². The van der Waals surface area contributed by atoms with Gasteiger partial charge >= 0.3 is 5.97 Å². The Morgan fingerprint density at radius 2 is 1.61 bits per heavy atom. The molecule has 0 aromatic heterocycles. The number of likely N-dealkylation sites (tertiary alicyclic amines) is 1. The zero-order chi connectivity index (χ0) is 28.8. The number of carbonyl (C=O) groups is 5. The summed E-state index contributed by atoms with van der Waals surface area (Å²) in [4.78, 5) is 67.9. The minimum Gasteiger partial charge on any atom is -0.480 e. The Morgan fingerprint density at radius 1 is 0.974 bits per heavy atom. The van der Waals surface area contributed by atoms with E-state index in [1.54, 1.807) is 0 Å². The van der Waals surface area contributed by atoms with Gasteiger partial charge in [-0.2, -0.15) is 0 Å². The van der Waals surface area contributed by atoms with Crippen LogP contribution in [0.5, 0.6) is 0 Å². The van der Waals surface area contributed by atoms with Crippen molar-refractivity contribution in [2.75, 3.05) is 19.6 Å². The Bertz CT molecular complexity index is 862. The second-order valence-electron chi connectivity index (χ2n) is 9.40. The van der Waals surface area contributed by atoms with Gasteiger partial charge in [-0.3, -0.25) is 24.2 Å². The van der Waals surface area contributed by atoms with E-state index in [2.05, 4.69) is 20.9 Å². The highest BCUT2D eigenvalue weighted by Gasteiger charge is 2.38. The van der Waals surface area contributed by atoms with E-state index in [4.69, 9.17) is 22.9 Å². The minimum atomic E-state index is -1.18. The van der Waals surface area contributed by atoms with Crippen molar-refractivity contribution in [3.63, 3.8) is 0 Å². The molecule has 4 amide bonds. The van der Waals surface area contributed by atoms with E-state index in [0.717, 1.165) is 0 Å². The number of guanidine groups is 1. The molecule has 1 fully saturated rings. The van der Waals surface area contributed by atoms with Crippen molar-refractivity contribution in [1.29, 1.82) is 0 Å². The lowest BCUT2D eigenvalue weighted by molar-refractivity contribution is -0.143. The highest BCUT2D eigenvalue weighted by molar-refractivity contribution is 5.95. The lowest BCUT2D eigenvalue weighted by Gasteiger charge is -2.30. The van der Waals surface area contributed by atoms with E-state index in [1.165, 1.54) is 18.7 Å². The molecule has 0 aromatic rings. The molecule has 12 N–H and O–H groups in total. The van der Waals surface area contributed by atoms with Gasteiger partial charge in [0.25, 0.3) is 0 Å². The Kier molecular flexibility index (Phi) is 14.1. The summed E-state index contributed by atoms with van der Waals surface area (Å²) in [7, 11) is 0. The minimum absolute atomic E-state index is 0.0906. The SMILES string of the molecule is C[C@H](N)C(=O)N[C@H](CCCN=C(N)N)C(=O)N1CCC[C@@H]1C(=O)N[C@H](C)C(=O)N[C@H](CCCCN)C(=O)O. The van der Waals surface area contributed by atoms with E-state index < -0.39 is 59.8 Å². The third kappa shape index (κ3) is 10.9. The number of unbranched alkanes of at least 4 members (excludes halogenated alkanes) is 1. The Hall–Kier alpha value is -3.46. The highest BCUT2D eigenvalue weighted by Crippen LogP contribution is 2.20. The summed E-state index contributed by atoms with van der Waals surface area (Å²) in [6.07, 6.45) is 2.89. The van der Waals surface area contributed by atoms with E-state index in [-0.39, 0.29) is 31.9 Å².